The Labute approximate surface area is 144 Å². The zero-order chi connectivity index (χ0) is 16.7. The smallest absolute Gasteiger partial charge is 0.190 e. The Hall–Kier alpha value is -2.41. The second kappa shape index (κ2) is 5.59. The van der Waals surface area contributed by atoms with E-state index in [1.54, 1.807) is 28.7 Å². The van der Waals surface area contributed by atoms with Gasteiger partial charge < -0.3 is 9.64 Å². The first-order chi connectivity index (χ1) is 11.5. The summed E-state index contributed by atoms with van der Waals surface area (Å²) in [6.07, 6.45) is 3.26. The fraction of sp³-hybridized carbons (Fsp3) is 0.353. The third-order valence-corrected chi connectivity index (χ3v) is 5.02. The molecule has 2 aromatic heterocycles. The van der Waals surface area contributed by atoms with Gasteiger partial charge in [-0.2, -0.15) is 5.10 Å². The van der Waals surface area contributed by atoms with Crippen LogP contribution in [0.4, 0.5) is 5.13 Å². The van der Waals surface area contributed by atoms with E-state index < -0.39 is 0 Å². The van der Waals surface area contributed by atoms with Crippen LogP contribution in [0.25, 0.3) is 5.00 Å². The molecule has 0 saturated heterocycles. The zero-order valence-electron chi connectivity index (χ0n) is 13.9. The maximum Gasteiger partial charge on any atom is 0.190 e. The molecule has 0 saturated carbocycles. The van der Waals surface area contributed by atoms with Crippen LogP contribution in [-0.2, 0) is 12.0 Å². The molecule has 24 heavy (non-hydrogen) atoms. The molecule has 0 bridgehead atoms. The Balaban J connectivity index is 1.72. The van der Waals surface area contributed by atoms with Crippen molar-refractivity contribution in [2.45, 2.75) is 32.7 Å². The van der Waals surface area contributed by atoms with Gasteiger partial charge in [0.1, 0.15) is 23.4 Å². The third-order valence-electron chi connectivity index (χ3n) is 3.92. The molecule has 124 valence electrons. The first-order valence-corrected chi connectivity index (χ1v) is 8.66. The van der Waals surface area contributed by atoms with Crippen LogP contribution >= 0.6 is 11.3 Å². The largest absolute Gasteiger partial charge is 0.473 e. The van der Waals surface area contributed by atoms with E-state index in [9.17, 15) is 0 Å². The Morgan fingerprint density at radius 3 is 2.79 bits per heavy atom. The predicted octanol–water partition coefficient (Wildman–Crippen LogP) is 3.38. The summed E-state index contributed by atoms with van der Waals surface area (Å²) >= 11 is 1.62. The van der Waals surface area contributed by atoms with E-state index in [-0.39, 0.29) is 5.41 Å². The highest BCUT2D eigenvalue weighted by Gasteiger charge is 2.28. The molecule has 1 aliphatic rings. The standard InChI is InChI=1S/C17H19N5OS/c1-17(2,3)14-15(22-10-18-9-19-22)24-16(20-14)21-8-12-6-4-5-7-13(12)23-11-21/h4-7,9-10H,8,11H2,1-3H3. The Kier molecular flexibility index (Phi) is 3.53. The number of nitrogens with zero attached hydrogens (tertiary/aromatic N) is 5. The number of hydrogen-bond acceptors (Lipinski definition) is 6. The molecule has 0 unspecified atom stereocenters. The highest BCUT2D eigenvalue weighted by molar-refractivity contribution is 7.18. The molecule has 3 aromatic rings. The van der Waals surface area contributed by atoms with Gasteiger partial charge in [0.25, 0.3) is 0 Å². The molecule has 6 nitrogen and oxygen atoms in total. The third kappa shape index (κ3) is 2.65. The van der Waals surface area contributed by atoms with Gasteiger partial charge in [0.15, 0.2) is 11.9 Å². The maximum absolute atomic E-state index is 5.87. The van der Waals surface area contributed by atoms with Gasteiger partial charge in [-0.15, -0.1) is 0 Å². The molecule has 0 spiro atoms. The number of thiazole rings is 1. The van der Waals surface area contributed by atoms with Crippen LogP contribution in [0.2, 0.25) is 0 Å². The summed E-state index contributed by atoms with van der Waals surface area (Å²) in [6, 6.07) is 8.14. The summed E-state index contributed by atoms with van der Waals surface area (Å²) in [5, 5.41) is 6.23. The maximum atomic E-state index is 5.87. The molecule has 0 aliphatic carbocycles. The number of para-hydroxylation sites is 1. The van der Waals surface area contributed by atoms with E-state index >= 15 is 0 Å². The van der Waals surface area contributed by atoms with Gasteiger partial charge in [0.2, 0.25) is 0 Å². The summed E-state index contributed by atoms with van der Waals surface area (Å²) in [4.78, 5) is 11.1. The average molecular weight is 341 g/mol. The minimum Gasteiger partial charge on any atom is -0.473 e. The average Bonchev–Trinajstić information content (AvgIpc) is 3.23. The normalized spacial score (nSPS) is 14.4. The van der Waals surface area contributed by atoms with E-state index in [1.807, 2.05) is 18.2 Å². The lowest BCUT2D eigenvalue weighted by molar-refractivity contribution is 0.289. The van der Waals surface area contributed by atoms with E-state index in [4.69, 9.17) is 9.72 Å². The highest BCUT2D eigenvalue weighted by atomic mass is 32.1. The Bertz CT molecular complexity index is 850. The van der Waals surface area contributed by atoms with E-state index in [0.29, 0.717) is 6.73 Å². The minimum atomic E-state index is -0.0788. The molecule has 1 aliphatic heterocycles. The lowest BCUT2D eigenvalue weighted by Gasteiger charge is -2.28. The lowest BCUT2D eigenvalue weighted by atomic mass is 9.92. The molecule has 7 heteroatoms. The van der Waals surface area contributed by atoms with Crippen LogP contribution in [-0.4, -0.2) is 26.5 Å². The van der Waals surface area contributed by atoms with Gasteiger partial charge in [0, 0.05) is 11.0 Å². The van der Waals surface area contributed by atoms with Crippen molar-refractivity contribution in [3.8, 4) is 10.8 Å². The quantitative estimate of drug-likeness (QED) is 0.715. The number of anilines is 1. The fourth-order valence-electron chi connectivity index (χ4n) is 2.69. The van der Waals surface area contributed by atoms with Crippen molar-refractivity contribution in [1.29, 1.82) is 0 Å². The number of ether oxygens (including phenoxy) is 1. The van der Waals surface area contributed by atoms with Gasteiger partial charge >= 0.3 is 0 Å². The molecule has 0 N–H and O–H groups in total. The van der Waals surface area contributed by atoms with Gasteiger partial charge in [-0.25, -0.2) is 14.6 Å². The number of fused-ring (bicyclic) bond motifs is 1. The van der Waals surface area contributed by atoms with Gasteiger partial charge in [-0.3, -0.25) is 0 Å². The molecule has 1 aromatic carbocycles. The fourth-order valence-corrected chi connectivity index (χ4v) is 3.88. The Morgan fingerprint density at radius 2 is 2.04 bits per heavy atom. The zero-order valence-corrected chi connectivity index (χ0v) is 14.7. The molecule has 0 atom stereocenters. The molecular formula is C17H19N5OS. The SMILES string of the molecule is CC(C)(C)c1nc(N2COc3ccccc3C2)sc1-n1cncn1. The van der Waals surface area contributed by atoms with E-state index in [1.165, 1.54) is 5.56 Å². The van der Waals surface area contributed by atoms with E-state index in [0.717, 1.165) is 28.1 Å². The first kappa shape index (κ1) is 15.1. The summed E-state index contributed by atoms with van der Waals surface area (Å²) in [7, 11) is 0. The summed E-state index contributed by atoms with van der Waals surface area (Å²) < 4.78 is 7.67. The summed E-state index contributed by atoms with van der Waals surface area (Å²) in [5.41, 5.74) is 2.12. The molecule has 4 rings (SSSR count). The van der Waals surface area contributed by atoms with Crippen molar-refractivity contribution in [2.75, 3.05) is 11.6 Å². The first-order valence-electron chi connectivity index (χ1n) is 7.84. The van der Waals surface area contributed by atoms with Crippen LogP contribution in [0.3, 0.4) is 0 Å². The van der Waals surface area contributed by atoms with Crippen molar-refractivity contribution < 1.29 is 4.74 Å². The summed E-state index contributed by atoms with van der Waals surface area (Å²) in [6.45, 7) is 7.78. The van der Waals surface area contributed by atoms with Crippen LogP contribution in [0.5, 0.6) is 5.75 Å². The number of hydrogen-bond donors (Lipinski definition) is 0. The highest BCUT2D eigenvalue weighted by Crippen LogP contribution is 2.38. The molecule has 0 fully saturated rings. The van der Waals surface area contributed by atoms with E-state index in [2.05, 4.69) is 41.8 Å². The lowest BCUT2D eigenvalue weighted by Crippen LogP contribution is -2.31. The second-order valence-corrected chi connectivity index (χ2v) is 7.78. The van der Waals surface area contributed by atoms with Gasteiger partial charge in [-0.1, -0.05) is 50.3 Å². The van der Waals surface area contributed by atoms with Gasteiger partial charge in [-0.05, 0) is 6.07 Å². The van der Waals surface area contributed by atoms with Crippen LogP contribution in [0.15, 0.2) is 36.9 Å². The minimum absolute atomic E-state index is 0.0788. The van der Waals surface area contributed by atoms with Crippen molar-refractivity contribution in [3.63, 3.8) is 0 Å². The molecule has 0 radical (unpaired) electrons. The van der Waals surface area contributed by atoms with Crippen molar-refractivity contribution in [1.82, 2.24) is 19.7 Å². The number of aromatic nitrogens is 4. The van der Waals surface area contributed by atoms with Crippen LogP contribution < -0.4 is 9.64 Å². The number of rotatable bonds is 2. The van der Waals surface area contributed by atoms with Crippen LogP contribution in [0.1, 0.15) is 32.0 Å². The molecule has 0 amide bonds. The summed E-state index contributed by atoms with van der Waals surface area (Å²) in [5.74, 6) is 0.956. The molecular weight excluding hydrogens is 322 g/mol. The Morgan fingerprint density at radius 1 is 1.21 bits per heavy atom. The number of benzene rings is 1. The second-order valence-electron chi connectivity index (χ2n) is 6.82. The van der Waals surface area contributed by atoms with Crippen molar-refractivity contribution >= 4 is 16.5 Å². The van der Waals surface area contributed by atoms with Gasteiger partial charge in [0.05, 0.1) is 12.2 Å². The topological polar surface area (TPSA) is 56.1 Å². The monoisotopic (exact) mass is 341 g/mol. The van der Waals surface area contributed by atoms with Crippen LogP contribution in [0, 0.1) is 0 Å². The van der Waals surface area contributed by atoms with Crippen molar-refractivity contribution in [2.24, 2.45) is 0 Å². The molecule has 3 heterocycles. The van der Waals surface area contributed by atoms with Crippen molar-refractivity contribution in [3.05, 3.63) is 48.2 Å². The predicted molar refractivity (Wildman–Crippen MR) is 93.9 cm³/mol.